The Bertz CT molecular complexity index is 652. The third-order valence-electron chi connectivity index (χ3n) is 3.39. The van der Waals surface area contributed by atoms with Crippen LogP contribution in [0.5, 0.6) is 0 Å². The van der Waals surface area contributed by atoms with Crippen molar-refractivity contribution in [3.8, 4) is 5.82 Å². The summed E-state index contributed by atoms with van der Waals surface area (Å²) in [6, 6.07) is 3.85. The SMILES string of the molecule is CCCCC(=O)NCCNc1cc(-n2nc(C)cc2C)ncn1. The van der Waals surface area contributed by atoms with E-state index in [1.807, 2.05) is 26.0 Å². The highest BCUT2D eigenvalue weighted by molar-refractivity contribution is 5.75. The minimum atomic E-state index is 0.0969. The van der Waals surface area contributed by atoms with Crippen LogP contribution >= 0.6 is 0 Å². The Balaban J connectivity index is 1.86. The van der Waals surface area contributed by atoms with Gasteiger partial charge in [-0.05, 0) is 26.3 Å². The van der Waals surface area contributed by atoms with Gasteiger partial charge in [0.1, 0.15) is 12.1 Å². The van der Waals surface area contributed by atoms with Gasteiger partial charge in [-0.3, -0.25) is 4.79 Å². The number of hydrogen-bond donors (Lipinski definition) is 2. The summed E-state index contributed by atoms with van der Waals surface area (Å²) < 4.78 is 1.79. The topological polar surface area (TPSA) is 84.7 Å². The molecule has 7 nitrogen and oxygen atoms in total. The molecule has 2 aromatic rings. The molecule has 2 N–H and O–H groups in total. The monoisotopic (exact) mass is 316 g/mol. The normalized spacial score (nSPS) is 10.6. The number of nitrogens with one attached hydrogen (secondary N) is 2. The molecule has 124 valence electrons. The van der Waals surface area contributed by atoms with E-state index in [9.17, 15) is 4.79 Å². The first-order valence-corrected chi connectivity index (χ1v) is 7.96. The molecule has 2 heterocycles. The molecule has 0 unspecified atom stereocenters. The smallest absolute Gasteiger partial charge is 0.220 e. The number of hydrogen-bond acceptors (Lipinski definition) is 5. The molecule has 0 radical (unpaired) electrons. The summed E-state index contributed by atoms with van der Waals surface area (Å²) in [5.41, 5.74) is 1.97. The second kappa shape index (κ2) is 8.26. The van der Waals surface area contributed by atoms with Gasteiger partial charge in [0, 0.05) is 31.3 Å². The molecule has 0 saturated carbocycles. The van der Waals surface area contributed by atoms with Crippen LogP contribution in [0.3, 0.4) is 0 Å². The molecule has 0 fully saturated rings. The van der Waals surface area contributed by atoms with Crippen molar-refractivity contribution in [2.75, 3.05) is 18.4 Å². The van der Waals surface area contributed by atoms with Crippen LogP contribution in [0.15, 0.2) is 18.5 Å². The summed E-state index contributed by atoms with van der Waals surface area (Å²) in [6.07, 6.45) is 4.05. The van der Waals surface area contributed by atoms with Gasteiger partial charge in [0.2, 0.25) is 5.91 Å². The summed E-state index contributed by atoms with van der Waals surface area (Å²) in [5, 5.41) is 10.5. The van der Waals surface area contributed by atoms with Crippen LogP contribution in [0, 0.1) is 13.8 Å². The number of carbonyl (C=O) groups excluding carboxylic acids is 1. The van der Waals surface area contributed by atoms with Gasteiger partial charge in [-0.15, -0.1) is 0 Å². The summed E-state index contributed by atoms with van der Waals surface area (Å²) in [5.74, 6) is 1.53. The Morgan fingerprint density at radius 3 is 2.74 bits per heavy atom. The van der Waals surface area contributed by atoms with E-state index < -0.39 is 0 Å². The zero-order valence-corrected chi connectivity index (χ0v) is 14.0. The maximum atomic E-state index is 11.5. The number of carbonyl (C=O) groups is 1. The van der Waals surface area contributed by atoms with Crippen LogP contribution in [0.2, 0.25) is 0 Å². The highest BCUT2D eigenvalue weighted by Crippen LogP contribution is 2.11. The predicted molar refractivity (Wildman–Crippen MR) is 89.7 cm³/mol. The summed E-state index contributed by atoms with van der Waals surface area (Å²) in [7, 11) is 0. The van der Waals surface area contributed by atoms with Crippen LogP contribution in [-0.4, -0.2) is 38.7 Å². The van der Waals surface area contributed by atoms with Crippen molar-refractivity contribution in [1.29, 1.82) is 0 Å². The van der Waals surface area contributed by atoms with Crippen molar-refractivity contribution >= 4 is 11.7 Å². The van der Waals surface area contributed by atoms with Crippen molar-refractivity contribution in [2.24, 2.45) is 0 Å². The number of aromatic nitrogens is 4. The first-order valence-electron chi connectivity index (χ1n) is 7.96. The van der Waals surface area contributed by atoms with E-state index in [-0.39, 0.29) is 5.91 Å². The third kappa shape index (κ3) is 5.05. The molecule has 0 aliphatic carbocycles. The molecule has 0 saturated heterocycles. The van der Waals surface area contributed by atoms with Crippen LogP contribution in [0.4, 0.5) is 5.82 Å². The molecule has 7 heteroatoms. The molecule has 0 bridgehead atoms. The minimum Gasteiger partial charge on any atom is -0.368 e. The lowest BCUT2D eigenvalue weighted by molar-refractivity contribution is -0.121. The van der Waals surface area contributed by atoms with Gasteiger partial charge in [-0.2, -0.15) is 5.10 Å². The molecule has 0 aliphatic rings. The van der Waals surface area contributed by atoms with Gasteiger partial charge >= 0.3 is 0 Å². The van der Waals surface area contributed by atoms with Crippen LogP contribution in [-0.2, 0) is 4.79 Å². The number of amides is 1. The van der Waals surface area contributed by atoms with Crippen molar-refractivity contribution in [3.05, 3.63) is 29.8 Å². The maximum absolute atomic E-state index is 11.5. The lowest BCUT2D eigenvalue weighted by atomic mass is 10.2. The standard InChI is InChI=1S/C16H24N6O/c1-4-5-6-16(23)18-8-7-17-14-10-15(20-11-19-14)22-13(3)9-12(2)21-22/h9-11H,4-8H2,1-3H3,(H,18,23)(H,17,19,20). The summed E-state index contributed by atoms with van der Waals surface area (Å²) in [6.45, 7) is 7.20. The molecule has 0 aliphatic heterocycles. The van der Waals surface area contributed by atoms with E-state index in [0.29, 0.717) is 25.3 Å². The Hall–Kier alpha value is -2.44. The second-order valence-corrected chi connectivity index (χ2v) is 5.48. The Morgan fingerprint density at radius 1 is 1.22 bits per heavy atom. The molecular weight excluding hydrogens is 292 g/mol. The summed E-state index contributed by atoms with van der Waals surface area (Å²) in [4.78, 5) is 20.0. The zero-order valence-electron chi connectivity index (χ0n) is 14.0. The first kappa shape index (κ1) is 16.9. The number of nitrogens with zero attached hydrogens (tertiary/aromatic N) is 4. The highest BCUT2D eigenvalue weighted by atomic mass is 16.1. The van der Waals surface area contributed by atoms with E-state index in [4.69, 9.17) is 0 Å². The second-order valence-electron chi connectivity index (χ2n) is 5.48. The van der Waals surface area contributed by atoms with E-state index in [0.717, 1.165) is 30.0 Å². The number of anilines is 1. The lowest BCUT2D eigenvalue weighted by Gasteiger charge is -2.09. The number of rotatable bonds is 8. The predicted octanol–water partition coefficient (Wildman–Crippen LogP) is 2.00. The van der Waals surface area contributed by atoms with Crippen molar-refractivity contribution in [2.45, 2.75) is 40.0 Å². The van der Waals surface area contributed by atoms with Gasteiger partial charge in [-0.25, -0.2) is 14.6 Å². The van der Waals surface area contributed by atoms with Crippen LogP contribution < -0.4 is 10.6 Å². The molecule has 0 atom stereocenters. The fraction of sp³-hybridized carbons (Fsp3) is 0.500. The fourth-order valence-corrected chi connectivity index (χ4v) is 2.24. The number of aryl methyl sites for hydroxylation is 2. The summed E-state index contributed by atoms with van der Waals surface area (Å²) >= 11 is 0. The third-order valence-corrected chi connectivity index (χ3v) is 3.39. The van der Waals surface area contributed by atoms with Crippen molar-refractivity contribution in [1.82, 2.24) is 25.1 Å². The maximum Gasteiger partial charge on any atom is 0.220 e. The quantitative estimate of drug-likeness (QED) is 0.728. The molecule has 0 spiro atoms. The van der Waals surface area contributed by atoms with E-state index in [1.54, 1.807) is 4.68 Å². The Morgan fingerprint density at radius 2 is 2.04 bits per heavy atom. The highest BCUT2D eigenvalue weighted by Gasteiger charge is 2.06. The van der Waals surface area contributed by atoms with E-state index in [1.165, 1.54) is 6.33 Å². The first-order chi connectivity index (χ1) is 11.1. The van der Waals surface area contributed by atoms with Crippen LogP contribution in [0.25, 0.3) is 5.82 Å². The zero-order chi connectivity index (χ0) is 16.7. The minimum absolute atomic E-state index is 0.0969. The van der Waals surface area contributed by atoms with E-state index >= 15 is 0 Å². The average molecular weight is 316 g/mol. The van der Waals surface area contributed by atoms with Crippen molar-refractivity contribution < 1.29 is 4.79 Å². The molecule has 23 heavy (non-hydrogen) atoms. The van der Waals surface area contributed by atoms with Gasteiger partial charge < -0.3 is 10.6 Å². The fourth-order valence-electron chi connectivity index (χ4n) is 2.24. The molecule has 1 amide bonds. The largest absolute Gasteiger partial charge is 0.368 e. The Kier molecular flexibility index (Phi) is 6.08. The molecule has 2 rings (SSSR count). The molecule has 2 aromatic heterocycles. The van der Waals surface area contributed by atoms with Crippen molar-refractivity contribution in [3.63, 3.8) is 0 Å². The lowest BCUT2D eigenvalue weighted by Crippen LogP contribution is -2.28. The molecular formula is C16H24N6O. The van der Waals surface area contributed by atoms with Crippen LogP contribution in [0.1, 0.15) is 37.6 Å². The number of unbranched alkanes of at least 4 members (excludes halogenated alkanes) is 1. The van der Waals surface area contributed by atoms with Gasteiger partial charge in [0.15, 0.2) is 5.82 Å². The van der Waals surface area contributed by atoms with Gasteiger partial charge in [-0.1, -0.05) is 13.3 Å². The average Bonchev–Trinajstić information content (AvgIpc) is 2.88. The van der Waals surface area contributed by atoms with E-state index in [2.05, 4.69) is 32.6 Å². The van der Waals surface area contributed by atoms with Gasteiger partial charge in [0.05, 0.1) is 5.69 Å². The van der Waals surface area contributed by atoms with Gasteiger partial charge in [0.25, 0.3) is 0 Å². The molecule has 0 aromatic carbocycles. The Labute approximate surface area is 136 Å².